The monoisotopic (exact) mass is 304 g/mol. The molecule has 5 heteroatoms. The summed E-state index contributed by atoms with van der Waals surface area (Å²) >= 11 is 8.74. The van der Waals surface area contributed by atoms with Gasteiger partial charge in [0.15, 0.2) is 0 Å². The molecule has 0 radical (unpaired) electrons. The first kappa shape index (κ1) is 13.1. The topological polar surface area (TPSA) is 46.5 Å². The van der Waals surface area contributed by atoms with Gasteiger partial charge in [0.05, 0.1) is 0 Å². The Morgan fingerprint density at radius 2 is 2.31 bits per heavy atom. The molecule has 1 rings (SSSR count). The van der Waals surface area contributed by atoms with E-state index in [1.54, 1.807) is 19.1 Å². The maximum absolute atomic E-state index is 10.9. The fourth-order valence-corrected chi connectivity index (χ4v) is 1.42. The van der Waals surface area contributed by atoms with Gasteiger partial charge in [-0.15, -0.1) is 0 Å². The zero-order valence-electron chi connectivity index (χ0n) is 8.54. The SMILES string of the molecule is C/C(=C/Cl)COc1cc(Br)ccc1C(=O)O. The Balaban J connectivity index is 2.92. The molecular weight excluding hydrogens is 295 g/mol. The molecule has 0 saturated heterocycles. The van der Waals surface area contributed by atoms with Gasteiger partial charge in [-0.2, -0.15) is 0 Å². The van der Waals surface area contributed by atoms with Crippen molar-refractivity contribution in [3.8, 4) is 5.75 Å². The third kappa shape index (κ3) is 3.54. The van der Waals surface area contributed by atoms with E-state index in [1.165, 1.54) is 11.6 Å². The lowest BCUT2D eigenvalue weighted by molar-refractivity contribution is 0.0692. The molecule has 16 heavy (non-hydrogen) atoms. The van der Waals surface area contributed by atoms with E-state index in [-0.39, 0.29) is 12.2 Å². The lowest BCUT2D eigenvalue weighted by Gasteiger charge is -2.09. The molecule has 0 aliphatic heterocycles. The predicted molar refractivity (Wildman–Crippen MR) is 66.2 cm³/mol. The number of hydrogen-bond acceptors (Lipinski definition) is 2. The van der Waals surface area contributed by atoms with E-state index in [0.717, 1.165) is 10.0 Å². The highest BCUT2D eigenvalue weighted by Crippen LogP contribution is 2.24. The zero-order chi connectivity index (χ0) is 12.1. The minimum Gasteiger partial charge on any atom is -0.488 e. The Kier molecular flexibility index (Phi) is 4.83. The van der Waals surface area contributed by atoms with Crippen LogP contribution in [0, 0.1) is 0 Å². The van der Waals surface area contributed by atoms with E-state index in [1.807, 2.05) is 0 Å². The van der Waals surface area contributed by atoms with Crippen LogP contribution in [-0.2, 0) is 0 Å². The zero-order valence-corrected chi connectivity index (χ0v) is 10.9. The largest absolute Gasteiger partial charge is 0.488 e. The first-order valence-electron chi connectivity index (χ1n) is 4.46. The number of carbonyl (C=O) groups is 1. The minimum atomic E-state index is -1.02. The molecule has 86 valence electrons. The van der Waals surface area contributed by atoms with E-state index >= 15 is 0 Å². The molecule has 0 fully saturated rings. The molecule has 0 aliphatic carbocycles. The van der Waals surface area contributed by atoms with Crippen LogP contribution in [0.1, 0.15) is 17.3 Å². The molecular formula is C11H10BrClO3. The van der Waals surface area contributed by atoms with E-state index in [0.29, 0.717) is 5.75 Å². The summed E-state index contributed by atoms with van der Waals surface area (Å²) in [7, 11) is 0. The highest BCUT2D eigenvalue weighted by atomic mass is 79.9. The first-order valence-corrected chi connectivity index (χ1v) is 5.69. The summed E-state index contributed by atoms with van der Waals surface area (Å²) in [6.07, 6.45) is 0. The molecule has 1 N–H and O–H groups in total. The summed E-state index contributed by atoms with van der Waals surface area (Å²) in [4.78, 5) is 10.9. The molecule has 1 aromatic rings. The van der Waals surface area contributed by atoms with Gasteiger partial charge in [-0.3, -0.25) is 0 Å². The standard InChI is InChI=1S/C11H10BrClO3/c1-7(5-13)6-16-10-4-8(12)2-3-9(10)11(14)15/h2-5H,6H2,1H3,(H,14,15)/b7-5-. The van der Waals surface area contributed by atoms with Crippen molar-refractivity contribution >= 4 is 33.5 Å². The minimum absolute atomic E-state index is 0.130. The van der Waals surface area contributed by atoms with Gasteiger partial charge >= 0.3 is 5.97 Å². The van der Waals surface area contributed by atoms with Gasteiger partial charge in [0.25, 0.3) is 0 Å². The number of carboxylic acids is 1. The summed E-state index contributed by atoms with van der Waals surface area (Å²) in [5, 5.41) is 8.94. The van der Waals surface area contributed by atoms with Gasteiger partial charge in [-0.05, 0) is 30.7 Å². The third-order valence-electron chi connectivity index (χ3n) is 1.82. The Morgan fingerprint density at radius 3 is 2.88 bits per heavy atom. The van der Waals surface area contributed by atoms with Crippen molar-refractivity contribution in [1.82, 2.24) is 0 Å². The molecule has 0 spiro atoms. The van der Waals surface area contributed by atoms with Crippen LogP contribution in [-0.4, -0.2) is 17.7 Å². The second-order valence-corrected chi connectivity index (χ2v) is 4.32. The first-order chi connectivity index (χ1) is 7.54. The highest BCUT2D eigenvalue weighted by Gasteiger charge is 2.11. The van der Waals surface area contributed by atoms with E-state index in [9.17, 15) is 4.79 Å². The number of carboxylic acid groups (broad SMARTS) is 1. The number of aromatic carboxylic acids is 1. The van der Waals surface area contributed by atoms with Crippen LogP contribution in [0.25, 0.3) is 0 Å². The van der Waals surface area contributed by atoms with Crippen molar-refractivity contribution in [2.75, 3.05) is 6.61 Å². The van der Waals surface area contributed by atoms with Gasteiger partial charge in [-0.25, -0.2) is 4.79 Å². The lowest BCUT2D eigenvalue weighted by Crippen LogP contribution is -2.05. The molecule has 0 bridgehead atoms. The Bertz CT molecular complexity index is 429. The Hall–Kier alpha value is -1.00. The summed E-state index contributed by atoms with van der Waals surface area (Å²) in [6.45, 7) is 2.06. The number of hydrogen-bond donors (Lipinski definition) is 1. The van der Waals surface area contributed by atoms with E-state index in [2.05, 4.69) is 15.9 Å². The van der Waals surface area contributed by atoms with Crippen molar-refractivity contribution < 1.29 is 14.6 Å². The van der Waals surface area contributed by atoms with E-state index in [4.69, 9.17) is 21.4 Å². The van der Waals surface area contributed by atoms with Crippen LogP contribution in [0.4, 0.5) is 0 Å². The molecule has 0 heterocycles. The fraction of sp³-hybridized carbons (Fsp3) is 0.182. The van der Waals surface area contributed by atoms with Gasteiger partial charge in [0, 0.05) is 10.0 Å². The molecule has 0 aromatic heterocycles. The number of rotatable bonds is 4. The van der Waals surface area contributed by atoms with Crippen LogP contribution < -0.4 is 4.74 Å². The van der Waals surface area contributed by atoms with Crippen molar-refractivity contribution in [2.24, 2.45) is 0 Å². The summed E-state index contributed by atoms with van der Waals surface area (Å²) in [6, 6.07) is 4.76. The number of halogens is 2. The van der Waals surface area contributed by atoms with Crippen LogP contribution in [0.3, 0.4) is 0 Å². The average Bonchev–Trinajstić information content (AvgIpc) is 2.25. The van der Waals surface area contributed by atoms with Gasteiger partial charge in [-0.1, -0.05) is 27.5 Å². The number of ether oxygens (including phenoxy) is 1. The summed E-state index contributed by atoms with van der Waals surface area (Å²) in [5.74, 6) is -0.699. The molecule has 0 aliphatic rings. The second-order valence-electron chi connectivity index (χ2n) is 3.19. The van der Waals surface area contributed by atoms with Crippen molar-refractivity contribution in [3.05, 3.63) is 39.3 Å². The maximum Gasteiger partial charge on any atom is 0.339 e. The van der Waals surface area contributed by atoms with Crippen LogP contribution in [0.5, 0.6) is 5.75 Å². The molecule has 0 atom stereocenters. The van der Waals surface area contributed by atoms with Crippen molar-refractivity contribution in [1.29, 1.82) is 0 Å². The molecule has 0 unspecified atom stereocenters. The van der Waals surface area contributed by atoms with Gasteiger partial charge < -0.3 is 9.84 Å². The van der Waals surface area contributed by atoms with Crippen LogP contribution in [0.15, 0.2) is 33.8 Å². The maximum atomic E-state index is 10.9. The fourth-order valence-electron chi connectivity index (χ4n) is 1.02. The van der Waals surface area contributed by atoms with Gasteiger partial charge in [0.1, 0.15) is 17.9 Å². The lowest BCUT2D eigenvalue weighted by atomic mass is 10.2. The molecule has 3 nitrogen and oxygen atoms in total. The van der Waals surface area contributed by atoms with Gasteiger partial charge in [0.2, 0.25) is 0 Å². The Morgan fingerprint density at radius 1 is 1.62 bits per heavy atom. The highest BCUT2D eigenvalue weighted by molar-refractivity contribution is 9.10. The van der Waals surface area contributed by atoms with Crippen LogP contribution >= 0.6 is 27.5 Å². The molecule has 0 amide bonds. The summed E-state index contributed by atoms with van der Waals surface area (Å²) < 4.78 is 6.13. The van der Waals surface area contributed by atoms with Crippen LogP contribution in [0.2, 0.25) is 0 Å². The normalized spacial score (nSPS) is 11.3. The summed E-state index contributed by atoms with van der Waals surface area (Å²) in [5.41, 5.74) is 2.35. The molecule has 0 saturated carbocycles. The molecule has 1 aromatic carbocycles. The van der Waals surface area contributed by atoms with Crippen molar-refractivity contribution in [3.63, 3.8) is 0 Å². The second kappa shape index (κ2) is 5.92. The smallest absolute Gasteiger partial charge is 0.339 e. The number of benzene rings is 1. The average molecular weight is 306 g/mol. The van der Waals surface area contributed by atoms with Crippen molar-refractivity contribution in [2.45, 2.75) is 6.92 Å². The Labute approximate surface area is 107 Å². The van der Waals surface area contributed by atoms with E-state index < -0.39 is 5.97 Å². The predicted octanol–water partition coefficient (Wildman–Crippen LogP) is 3.67. The third-order valence-corrected chi connectivity index (χ3v) is 2.68. The quantitative estimate of drug-likeness (QED) is 0.923.